The van der Waals surface area contributed by atoms with Crippen molar-refractivity contribution in [3.05, 3.63) is 0 Å². The maximum Gasteiger partial charge on any atom is 0.191 e. The van der Waals surface area contributed by atoms with Crippen LogP contribution in [0.1, 0.15) is 27.2 Å². The van der Waals surface area contributed by atoms with E-state index in [9.17, 15) is 0 Å². The summed E-state index contributed by atoms with van der Waals surface area (Å²) in [7, 11) is 1.72. The third-order valence-corrected chi connectivity index (χ3v) is 3.56. The van der Waals surface area contributed by atoms with E-state index < -0.39 is 0 Å². The van der Waals surface area contributed by atoms with Gasteiger partial charge in [0, 0.05) is 33.3 Å². The molecule has 2 N–H and O–H groups in total. The second kappa shape index (κ2) is 9.97. The van der Waals surface area contributed by atoms with Crippen molar-refractivity contribution in [2.24, 2.45) is 4.99 Å². The molecule has 124 valence electrons. The molecule has 0 spiro atoms. The smallest absolute Gasteiger partial charge is 0.191 e. The first-order valence-corrected chi connectivity index (χ1v) is 7.95. The highest BCUT2D eigenvalue weighted by atomic mass is 16.5. The molecule has 0 saturated carbocycles. The number of morpholine rings is 1. The van der Waals surface area contributed by atoms with Gasteiger partial charge in [0.05, 0.1) is 25.4 Å². The van der Waals surface area contributed by atoms with Crippen LogP contribution in [0.3, 0.4) is 0 Å². The van der Waals surface area contributed by atoms with Crippen LogP contribution in [0.4, 0.5) is 0 Å². The molecule has 1 aliphatic heterocycles. The molecule has 0 radical (unpaired) electrons. The largest absolute Gasteiger partial charge is 0.379 e. The fourth-order valence-corrected chi connectivity index (χ4v) is 2.01. The molecular formula is C15H32N4O2. The van der Waals surface area contributed by atoms with E-state index in [1.54, 1.807) is 7.11 Å². The number of aliphatic imine (C=N–C) groups is 1. The lowest BCUT2D eigenvalue weighted by Crippen LogP contribution is -2.41. The molecule has 1 rings (SSSR count). The minimum absolute atomic E-state index is 0.226. The van der Waals surface area contributed by atoms with Crippen molar-refractivity contribution in [1.82, 2.24) is 15.5 Å². The van der Waals surface area contributed by atoms with Gasteiger partial charge in [-0.15, -0.1) is 0 Å². The van der Waals surface area contributed by atoms with Gasteiger partial charge in [0.1, 0.15) is 0 Å². The normalized spacial score (nSPS) is 17.8. The highest BCUT2D eigenvalue weighted by Crippen LogP contribution is 2.06. The van der Waals surface area contributed by atoms with Crippen molar-refractivity contribution < 1.29 is 9.47 Å². The molecule has 0 unspecified atom stereocenters. The van der Waals surface area contributed by atoms with E-state index in [4.69, 9.17) is 9.47 Å². The SMILES string of the molecule is CCNC(=NCC(C)(C)OC)NCCCN1CCOCC1. The Morgan fingerprint density at radius 1 is 1.29 bits per heavy atom. The lowest BCUT2D eigenvalue weighted by molar-refractivity contribution is 0.0310. The summed E-state index contributed by atoms with van der Waals surface area (Å²) >= 11 is 0. The van der Waals surface area contributed by atoms with Crippen LogP contribution < -0.4 is 10.6 Å². The van der Waals surface area contributed by atoms with Crippen LogP contribution in [0, 0.1) is 0 Å². The predicted octanol–water partition coefficient (Wildman–Crippen LogP) is 0.689. The van der Waals surface area contributed by atoms with Gasteiger partial charge in [-0.05, 0) is 33.7 Å². The maximum atomic E-state index is 5.39. The molecule has 0 aromatic carbocycles. The highest BCUT2D eigenvalue weighted by molar-refractivity contribution is 5.79. The van der Waals surface area contributed by atoms with E-state index in [1.165, 1.54) is 0 Å². The first kappa shape index (κ1) is 18.2. The van der Waals surface area contributed by atoms with E-state index in [0.29, 0.717) is 6.54 Å². The number of hydrogen-bond donors (Lipinski definition) is 2. The summed E-state index contributed by atoms with van der Waals surface area (Å²) < 4.78 is 10.7. The molecule has 6 nitrogen and oxygen atoms in total. The van der Waals surface area contributed by atoms with Gasteiger partial charge in [0.25, 0.3) is 0 Å². The van der Waals surface area contributed by atoms with Gasteiger partial charge in [0.2, 0.25) is 0 Å². The standard InChI is InChI=1S/C15H32N4O2/c1-5-16-14(18-13-15(2,3)20-4)17-7-6-8-19-9-11-21-12-10-19/h5-13H2,1-4H3,(H2,16,17,18). The lowest BCUT2D eigenvalue weighted by Gasteiger charge is -2.26. The van der Waals surface area contributed by atoms with Crippen LogP contribution in [0.25, 0.3) is 0 Å². The second-order valence-electron chi connectivity index (χ2n) is 5.89. The van der Waals surface area contributed by atoms with Crippen molar-refractivity contribution in [2.75, 3.05) is 59.6 Å². The first-order valence-electron chi connectivity index (χ1n) is 7.95. The highest BCUT2D eigenvalue weighted by Gasteiger charge is 2.15. The maximum absolute atomic E-state index is 5.39. The molecule has 1 saturated heterocycles. The van der Waals surface area contributed by atoms with Gasteiger partial charge in [-0.25, -0.2) is 0 Å². The molecule has 0 aromatic heterocycles. The molecule has 1 aliphatic rings. The van der Waals surface area contributed by atoms with Gasteiger partial charge in [-0.1, -0.05) is 0 Å². The molecular weight excluding hydrogens is 268 g/mol. The summed E-state index contributed by atoms with van der Waals surface area (Å²) in [6.07, 6.45) is 1.11. The Labute approximate surface area is 129 Å². The monoisotopic (exact) mass is 300 g/mol. The third kappa shape index (κ3) is 8.24. The van der Waals surface area contributed by atoms with Crippen molar-refractivity contribution >= 4 is 5.96 Å². The summed E-state index contributed by atoms with van der Waals surface area (Å²) in [5.74, 6) is 0.865. The van der Waals surface area contributed by atoms with Crippen LogP contribution in [0.5, 0.6) is 0 Å². The third-order valence-electron chi connectivity index (χ3n) is 3.56. The van der Waals surface area contributed by atoms with E-state index in [-0.39, 0.29) is 5.60 Å². The average molecular weight is 300 g/mol. The Morgan fingerprint density at radius 2 is 2.00 bits per heavy atom. The van der Waals surface area contributed by atoms with Crippen LogP contribution >= 0.6 is 0 Å². The first-order chi connectivity index (χ1) is 10.1. The van der Waals surface area contributed by atoms with Crippen LogP contribution in [0.2, 0.25) is 0 Å². The minimum atomic E-state index is -0.226. The van der Waals surface area contributed by atoms with Gasteiger partial charge in [-0.2, -0.15) is 0 Å². The number of guanidine groups is 1. The van der Waals surface area contributed by atoms with Crippen LogP contribution in [-0.4, -0.2) is 76.1 Å². The Balaban J connectivity index is 2.25. The fourth-order valence-electron chi connectivity index (χ4n) is 2.01. The van der Waals surface area contributed by atoms with E-state index in [0.717, 1.165) is 58.3 Å². The molecule has 1 heterocycles. The van der Waals surface area contributed by atoms with Crippen LogP contribution in [-0.2, 0) is 9.47 Å². The fraction of sp³-hybridized carbons (Fsp3) is 0.933. The van der Waals surface area contributed by atoms with Gasteiger partial charge >= 0.3 is 0 Å². The number of nitrogens with one attached hydrogen (secondary N) is 2. The number of nitrogens with zero attached hydrogens (tertiary/aromatic N) is 2. The molecule has 0 aliphatic carbocycles. The van der Waals surface area contributed by atoms with E-state index in [2.05, 4.69) is 27.4 Å². The number of methoxy groups -OCH3 is 1. The van der Waals surface area contributed by atoms with Crippen LogP contribution in [0.15, 0.2) is 4.99 Å². The lowest BCUT2D eigenvalue weighted by atomic mass is 10.1. The predicted molar refractivity (Wildman–Crippen MR) is 86.9 cm³/mol. The van der Waals surface area contributed by atoms with Crippen molar-refractivity contribution in [1.29, 1.82) is 0 Å². The summed E-state index contributed by atoms with van der Waals surface area (Å²) in [4.78, 5) is 7.02. The Bertz CT molecular complexity index is 302. The van der Waals surface area contributed by atoms with Crippen molar-refractivity contribution in [2.45, 2.75) is 32.8 Å². The van der Waals surface area contributed by atoms with E-state index >= 15 is 0 Å². The Kier molecular flexibility index (Phi) is 8.64. The number of hydrogen-bond acceptors (Lipinski definition) is 4. The van der Waals surface area contributed by atoms with E-state index in [1.807, 2.05) is 13.8 Å². The second-order valence-corrected chi connectivity index (χ2v) is 5.89. The Hall–Kier alpha value is -0.850. The number of ether oxygens (including phenoxy) is 2. The minimum Gasteiger partial charge on any atom is -0.379 e. The number of rotatable bonds is 8. The van der Waals surface area contributed by atoms with Gasteiger partial charge < -0.3 is 20.1 Å². The molecule has 0 amide bonds. The molecule has 6 heteroatoms. The molecule has 21 heavy (non-hydrogen) atoms. The van der Waals surface area contributed by atoms with Crippen molar-refractivity contribution in [3.63, 3.8) is 0 Å². The zero-order valence-electron chi connectivity index (χ0n) is 14.1. The van der Waals surface area contributed by atoms with Gasteiger partial charge in [-0.3, -0.25) is 9.89 Å². The summed E-state index contributed by atoms with van der Waals surface area (Å²) in [6.45, 7) is 13.5. The Morgan fingerprint density at radius 3 is 2.62 bits per heavy atom. The summed E-state index contributed by atoms with van der Waals surface area (Å²) in [5, 5.41) is 6.65. The van der Waals surface area contributed by atoms with Gasteiger partial charge in [0.15, 0.2) is 5.96 Å². The quantitative estimate of drug-likeness (QED) is 0.392. The zero-order chi connectivity index (χ0) is 15.6. The molecule has 0 atom stereocenters. The molecule has 0 aromatic rings. The average Bonchev–Trinajstić information content (AvgIpc) is 2.50. The summed E-state index contributed by atoms with van der Waals surface area (Å²) in [5.41, 5.74) is -0.226. The molecule has 0 bridgehead atoms. The summed E-state index contributed by atoms with van der Waals surface area (Å²) in [6, 6.07) is 0. The topological polar surface area (TPSA) is 58.1 Å². The zero-order valence-corrected chi connectivity index (χ0v) is 14.1. The molecule has 1 fully saturated rings. The van der Waals surface area contributed by atoms with Crippen molar-refractivity contribution in [3.8, 4) is 0 Å².